The van der Waals surface area contributed by atoms with E-state index in [2.05, 4.69) is 15.7 Å². The number of halogens is 3. The molecule has 2 fully saturated rings. The molecule has 1 saturated heterocycles. The zero-order valence-electron chi connectivity index (χ0n) is 24.1. The monoisotopic (exact) mass is 632 g/mol. The smallest absolute Gasteiger partial charge is 0.313 e. The Bertz CT molecular complexity index is 1960. The average molecular weight is 633 g/mol. The van der Waals surface area contributed by atoms with Crippen molar-refractivity contribution in [3.63, 3.8) is 0 Å². The van der Waals surface area contributed by atoms with E-state index in [1.54, 1.807) is 0 Å². The maximum absolute atomic E-state index is 16.9. The van der Waals surface area contributed by atoms with Gasteiger partial charge in [-0.1, -0.05) is 41.9 Å². The third-order valence-electron chi connectivity index (χ3n) is 9.05. The van der Waals surface area contributed by atoms with Gasteiger partial charge in [-0.2, -0.15) is 5.10 Å². The number of rotatable bonds is 5. The van der Waals surface area contributed by atoms with E-state index in [0.717, 1.165) is 37.8 Å². The van der Waals surface area contributed by atoms with Gasteiger partial charge in [0.05, 0.1) is 28.9 Å². The number of nitrogens with zero attached hydrogens (tertiary/aromatic N) is 2. The quantitative estimate of drug-likeness (QED) is 0.244. The lowest BCUT2D eigenvalue weighted by Crippen LogP contribution is -2.48. The Morgan fingerprint density at radius 2 is 1.87 bits per heavy atom. The molecule has 2 atom stereocenters. The minimum Gasteiger partial charge on any atom is -0.480 e. The van der Waals surface area contributed by atoms with Crippen molar-refractivity contribution in [1.82, 2.24) is 20.4 Å². The highest BCUT2D eigenvalue weighted by molar-refractivity contribution is 6.34. The second kappa shape index (κ2) is 10.3. The van der Waals surface area contributed by atoms with E-state index in [4.69, 9.17) is 25.8 Å². The molecule has 12 heteroatoms. The number of amides is 1. The summed E-state index contributed by atoms with van der Waals surface area (Å²) >= 11 is 6.68. The van der Waals surface area contributed by atoms with Crippen LogP contribution in [0.5, 0.6) is 28.7 Å². The first-order valence-electron chi connectivity index (χ1n) is 14.9. The number of fused-ring (bicyclic) bond motifs is 3. The third-order valence-corrected chi connectivity index (χ3v) is 9.42. The van der Waals surface area contributed by atoms with Crippen LogP contribution in [0.2, 0.25) is 5.02 Å². The fraction of sp³-hybridized carbons (Fsp3) is 0.303. The van der Waals surface area contributed by atoms with Crippen LogP contribution < -0.4 is 30.4 Å². The average Bonchev–Trinajstić information content (AvgIpc) is 3.58. The molecule has 230 valence electrons. The summed E-state index contributed by atoms with van der Waals surface area (Å²) in [7, 11) is 1.40. The van der Waals surface area contributed by atoms with E-state index in [0.29, 0.717) is 5.56 Å². The first-order chi connectivity index (χ1) is 21.8. The summed E-state index contributed by atoms with van der Waals surface area (Å²) in [5.41, 5.74) is -0.666. The van der Waals surface area contributed by atoms with Crippen LogP contribution in [0.3, 0.4) is 0 Å². The van der Waals surface area contributed by atoms with Gasteiger partial charge in [0.25, 0.3) is 5.91 Å². The predicted molar refractivity (Wildman–Crippen MR) is 161 cm³/mol. The van der Waals surface area contributed by atoms with E-state index < -0.39 is 34.5 Å². The normalized spacial score (nSPS) is 21.2. The summed E-state index contributed by atoms with van der Waals surface area (Å²) in [6, 6.07) is 11.9. The molecule has 1 saturated carbocycles. The summed E-state index contributed by atoms with van der Waals surface area (Å²) < 4.78 is 52.3. The number of carbonyl (C=O) groups excluding carboxylic acids is 1. The molecule has 4 aliphatic rings. The molecule has 2 N–H and O–H groups in total. The molecular weight excluding hydrogens is 606 g/mol. The van der Waals surface area contributed by atoms with E-state index in [-0.39, 0.29) is 63.2 Å². The topological polar surface area (TPSA) is 104 Å². The molecule has 9 nitrogen and oxygen atoms in total. The van der Waals surface area contributed by atoms with Crippen molar-refractivity contribution >= 4 is 17.5 Å². The van der Waals surface area contributed by atoms with Crippen LogP contribution in [-0.4, -0.2) is 35.3 Å². The molecule has 1 aliphatic carbocycles. The van der Waals surface area contributed by atoms with Gasteiger partial charge < -0.3 is 24.8 Å². The Morgan fingerprint density at radius 3 is 2.58 bits per heavy atom. The van der Waals surface area contributed by atoms with E-state index in [9.17, 15) is 9.59 Å². The Morgan fingerprint density at radius 1 is 1.07 bits per heavy atom. The van der Waals surface area contributed by atoms with Gasteiger partial charge in [0.2, 0.25) is 11.5 Å². The Balaban J connectivity index is 1.33. The van der Waals surface area contributed by atoms with E-state index in [1.165, 1.54) is 30.1 Å². The molecular formula is C33H27ClF2N4O5. The largest absolute Gasteiger partial charge is 0.480 e. The van der Waals surface area contributed by atoms with Crippen molar-refractivity contribution in [2.45, 2.75) is 49.8 Å². The van der Waals surface area contributed by atoms with E-state index >= 15 is 8.78 Å². The highest BCUT2D eigenvalue weighted by atomic mass is 35.5. The summed E-state index contributed by atoms with van der Waals surface area (Å²) in [5.74, 6) is -3.12. The molecule has 0 radical (unpaired) electrons. The molecule has 0 spiro atoms. The number of benzene rings is 3. The molecule has 3 aliphatic heterocycles. The fourth-order valence-electron chi connectivity index (χ4n) is 6.76. The van der Waals surface area contributed by atoms with Gasteiger partial charge in [-0.3, -0.25) is 9.59 Å². The van der Waals surface area contributed by atoms with Crippen LogP contribution in [0.1, 0.15) is 53.2 Å². The number of hydrogen-bond donors (Lipinski definition) is 2. The van der Waals surface area contributed by atoms with Gasteiger partial charge in [-0.15, -0.1) is 0 Å². The maximum Gasteiger partial charge on any atom is 0.313 e. The van der Waals surface area contributed by atoms with Gasteiger partial charge in [-0.25, -0.2) is 13.5 Å². The standard InChI is InChI=1S/C33H27ClF2N4O5/c1-37-31(41)18-12-22-29(44-30-23(43-22)15-39-40(32(30)42)17-9-10-17)28(36)26(18)25-19-14-33(24-8-5-11-38-24,16-6-3-2-4-7-16)45-21(19)13-20(35)27(25)34/h2-4,6-7,12-13,15,17,24,38H,5,8-11,14H2,1H3,(H,37,41)/t24-,33-/m0/s1. The van der Waals surface area contributed by atoms with Crippen LogP contribution in [0.4, 0.5) is 8.78 Å². The van der Waals surface area contributed by atoms with Crippen molar-refractivity contribution in [2.75, 3.05) is 13.6 Å². The second-order valence-corrected chi connectivity index (χ2v) is 12.1. The summed E-state index contributed by atoms with van der Waals surface area (Å²) in [4.78, 5) is 26.5. The Kier molecular flexibility index (Phi) is 6.40. The third kappa shape index (κ3) is 4.24. The lowest BCUT2D eigenvalue weighted by atomic mass is 9.80. The molecule has 1 aromatic heterocycles. The van der Waals surface area contributed by atoms with Crippen molar-refractivity contribution in [2.24, 2.45) is 0 Å². The lowest BCUT2D eigenvalue weighted by Gasteiger charge is -2.35. The zero-order valence-corrected chi connectivity index (χ0v) is 24.8. The van der Waals surface area contributed by atoms with Crippen LogP contribution in [0.25, 0.3) is 11.1 Å². The molecule has 4 aromatic rings. The highest BCUT2D eigenvalue weighted by Gasteiger charge is 2.50. The van der Waals surface area contributed by atoms with Crippen LogP contribution in [0, 0.1) is 11.6 Å². The first-order valence-corrected chi connectivity index (χ1v) is 15.2. The molecule has 0 unspecified atom stereocenters. The highest BCUT2D eigenvalue weighted by Crippen LogP contribution is 2.55. The van der Waals surface area contributed by atoms with Crippen molar-refractivity contribution < 1.29 is 27.8 Å². The minimum atomic E-state index is -1.03. The van der Waals surface area contributed by atoms with Gasteiger partial charge in [0.1, 0.15) is 11.6 Å². The van der Waals surface area contributed by atoms with Crippen molar-refractivity contribution in [1.29, 1.82) is 0 Å². The second-order valence-electron chi connectivity index (χ2n) is 11.7. The van der Waals surface area contributed by atoms with Crippen LogP contribution in [0.15, 0.2) is 53.5 Å². The molecule has 0 bridgehead atoms. The van der Waals surface area contributed by atoms with Gasteiger partial charge in [-0.05, 0) is 43.9 Å². The molecule has 45 heavy (non-hydrogen) atoms. The Labute approximate surface area is 261 Å². The van der Waals surface area contributed by atoms with Gasteiger partial charge in [0.15, 0.2) is 22.9 Å². The first kappa shape index (κ1) is 28.0. The Hall–Kier alpha value is -4.48. The van der Waals surface area contributed by atoms with Gasteiger partial charge >= 0.3 is 5.56 Å². The number of aromatic nitrogens is 2. The predicted octanol–water partition coefficient (Wildman–Crippen LogP) is 6.02. The SMILES string of the molecule is CNC(=O)c1cc2c(c(F)c1-c1c(Cl)c(F)cc3c1C[C@](c1ccccc1)([C@@H]1CCCN1)O3)Oc1c(cnn(C3CC3)c1=O)O2. The summed E-state index contributed by atoms with van der Waals surface area (Å²) in [6.07, 6.45) is 4.88. The van der Waals surface area contributed by atoms with Crippen LogP contribution >= 0.6 is 11.6 Å². The maximum atomic E-state index is 16.9. The lowest BCUT2D eigenvalue weighted by molar-refractivity contribution is 0.0539. The summed E-state index contributed by atoms with van der Waals surface area (Å²) in [5, 5.41) is 9.84. The molecule has 4 heterocycles. The number of ether oxygens (including phenoxy) is 3. The number of nitrogens with one attached hydrogen (secondary N) is 2. The summed E-state index contributed by atoms with van der Waals surface area (Å²) in [6.45, 7) is 0.790. The number of hydrogen-bond acceptors (Lipinski definition) is 7. The molecule has 1 amide bonds. The fourth-order valence-corrected chi connectivity index (χ4v) is 7.02. The van der Waals surface area contributed by atoms with Crippen molar-refractivity contribution in [3.05, 3.63) is 92.4 Å². The molecule has 8 rings (SSSR count). The molecule has 3 aromatic carbocycles. The number of carbonyl (C=O) groups is 1. The zero-order chi connectivity index (χ0) is 31.0. The van der Waals surface area contributed by atoms with Gasteiger partial charge in [0, 0.05) is 36.2 Å². The minimum absolute atomic E-state index is 0.00538. The van der Waals surface area contributed by atoms with Crippen molar-refractivity contribution in [3.8, 4) is 39.9 Å². The van der Waals surface area contributed by atoms with Crippen LogP contribution in [-0.2, 0) is 12.0 Å². The van der Waals surface area contributed by atoms with E-state index in [1.807, 2.05) is 30.3 Å².